The maximum Gasteiger partial charge on any atom is 0.295 e. The van der Waals surface area contributed by atoms with Crippen molar-refractivity contribution in [3.63, 3.8) is 0 Å². The first-order valence-corrected chi connectivity index (χ1v) is 11.1. The van der Waals surface area contributed by atoms with E-state index in [1.54, 1.807) is 16.8 Å². The van der Waals surface area contributed by atoms with Crippen molar-refractivity contribution in [2.45, 2.75) is 0 Å². The van der Waals surface area contributed by atoms with Crippen LogP contribution in [-0.2, 0) is 4.74 Å². The number of carbonyl (C=O) groups is 1. The van der Waals surface area contributed by atoms with Crippen molar-refractivity contribution < 1.29 is 13.9 Å². The fraction of sp³-hybridized carbons (Fsp3) is 0.174. The molecule has 0 atom stereocenters. The van der Waals surface area contributed by atoms with E-state index in [0.717, 1.165) is 23.7 Å². The van der Waals surface area contributed by atoms with Crippen LogP contribution >= 0.6 is 11.3 Å². The molecule has 1 aliphatic heterocycles. The number of thiophene rings is 1. The van der Waals surface area contributed by atoms with Crippen LogP contribution in [0.15, 0.2) is 66.0 Å². The molecule has 0 spiro atoms. The number of rotatable bonds is 5. The third-order valence-corrected chi connectivity index (χ3v) is 5.99. The molecule has 0 radical (unpaired) electrons. The number of amides is 1. The highest BCUT2D eigenvalue weighted by molar-refractivity contribution is 7.13. The minimum absolute atomic E-state index is 0.0370. The van der Waals surface area contributed by atoms with E-state index in [9.17, 15) is 9.18 Å². The third kappa shape index (κ3) is 4.25. The Bertz CT molecular complexity index is 1200. The fourth-order valence-corrected chi connectivity index (χ4v) is 4.20. The first-order valence-electron chi connectivity index (χ1n) is 10.2. The van der Waals surface area contributed by atoms with Crippen molar-refractivity contribution in [2.75, 3.05) is 36.5 Å². The van der Waals surface area contributed by atoms with E-state index in [1.165, 1.54) is 23.5 Å². The SMILES string of the molecule is O=C(Nc1ccc(N2CCOCC2)cc1)c1nc(-c2cccs2)n(-c2ccc(F)cc2)n1. The van der Waals surface area contributed by atoms with E-state index >= 15 is 0 Å². The molecule has 0 bridgehead atoms. The molecule has 1 fully saturated rings. The van der Waals surface area contributed by atoms with Gasteiger partial charge in [0.25, 0.3) is 5.91 Å². The number of benzene rings is 2. The highest BCUT2D eigenvalue weighted by Crippen LogP contribution is 2.26. The van der Waals surface area contributed by atoms with Crippen LogP contribution < -0.4 is 10.2 Å². The summed E-state index contributed by atoms with van der Waals surface area (Å²) in [5, 5.41) is 9.19. The lowest BCUT2D eigenvalue weighted by molar-refractivity contribution is 0.101. The molecule has 32 heavy (non-hydrogen) atoms. The van der Waals surface area contributed by atoms with E-state index < -0.39 is 5.91 Å². The minimum Gasteiger partial charge on any atom is -0.378 e. The number of hydrogen-bond donors (Lipinski definition) is 1. The van der Waals surface area contributed by atoms with Gasteiger partial charge < -0.3 is 15.0 Å². The summed E-state index contributed by atoms with van der Waals surface area (Å²) in [6.07, 6.45) is 0. The van der Waals surface area contributed by atoms with Gasteiger partial charge in [-0.25, -0.2) is 14.1 Å². The molecule has 162 valence electrons. The minimum atomic E-state index is -0.414. The summed E-state index contributed by atoms with van der Waals surface area (Å²) < 4.78 is 20.3. The molecule has 3 heterocycles. The van der Waals surface area contributed by atoms with Gasteiger partial charge in [0.1, 0.15) is 5.82 Å². The summed E-state index contributed by atoms with van der Waals surface area (Å²) in [5.41, 5.74) is 2.36. The summed E-state index contributed by atoms with van der Waals surface area (Å²) in [6.45, 7) is 3.13. The number of halogens is 1. The lowest BCUT2D eigenvalue weighted by atomic mass is 10.2. The summed E-state index contributed by atoms with van der Waals surface area (Å²) in [4.78, 5) is 20.5. The lowest BCUT2D eigenvalue weighted by Gasteiger charge is -2.28. The van der Waals surface area contributed by atoms with Crippen molar-refractivity contribution in [3.05, 3.63) is 77.7 Å². The Morgan fingerprint density at radius 1 is 1.00 bits per heavy atom. The molecule has 1 amide bonds. The molecule has 2 aromatic carbocycles. The zero-order valence-corrected chi connectivity index (χ0v) is 17.9. The van der Waals surface area contributed by atoms with Crippen molar-refractivity contribution >= 4 is 28.6 Å². The van der Waals surface area contributed by atoms with E-state index in [4.69, 9.17) is 4.74 Å². The van der Waals surface area contributed by atoms with E-state index in [2.05, 4.69) is 20.3 Å². The monoisotopic (exact) mass is 449 g/mol. The standard InChI is InChI=1S/C23H20FN5O2S/c24-16-3-7-19(8-4-16)29-22(20-2-1-15-32-20)26-21(27-29)23(30)25-17-5-9-18(10-6-17)28-11-13-31-14-12-28/h1-10,15H,11-14H2,(H,25,30). The van der Waals surface area contributed by atoms with Gasteiger partial charge in [-0.2, -0.15) is 0 Å². The van der Waals surface area contributed by atoms with Crippen LogP contribution in [0.1, 0.15) is 10.6 Å². The predicted octanol–water partition coefficient (Wildman–Crippen LogP) is 4.22. The number of anilines is 2. The Hall–Kier alpha value is -3.56. The van der Waals surface area contributed by atoms with Crippen LogP contribution in [0.3, 0.4) is 0 Å². The third-order valence-electron chi connectivity index (χ3n) is 5.12. The molecule has 2 aromatic heterocycles. The van der Waals surface area contributed by atoms with Gasteiger partial charge in [-0.15, -0.1) is 16.4 Å². The maximum atomic E-state index is 13.4. The van der Waals surface area contributed by atoms with E-state index in [1.807, 2.05) is 41.8 Å². The summed E-state index contributed by atoms with van der Waals surface area (Å²) in [6, 6.07) is 17.4. The number of aromatic nitrogens is 3. The number of carbonyl (C=O) groups excluding carboxylic acids is 1. The van der Waals surface area contributed by atoms with Crippen molar-refractivity contribution in [1.82, 2.24) is 14.8 Å². The average Bonchev–Trinajstić information content (AvgIpc) is 3.51. The zero-order valence-electron chi connectivity index (χ0n) is 17.1. The summed E-state index contributed by atoms with van der Waals surface area (Å²) >= 11 is 1.49. The van der Waals surface area contributed by atoms with Gasteiger partial charge >= 0.3 is 0 Å². The largest absolute Gasteiger partial charge is 0.378 e. The smallest absolute Gasteiger partial charge is 0.295 e. The molecule has 0 aliphatic carbocycles. The molecule has 7 nitrogen and oxygen atoms in total. The van der Waals surface area contributed by atoms with Crippen molar-refractivity contribution in [2.24, 2.45) is 0 Å². The number of ether oxygens (including phenoxy) is 1. The second-order valence-corrected chi connectivity index (χ2v) is 8.17. The van der Waals surface area contributed by atoms with Crippen LogP contribution in [0, 0.1) is 5.82 Å². The molecule has 0 unspecified atom stereocenters. The second kappa shape index (κ2) is 8.89. The topological polar surface area (TPSA) is 72.3 Å². The van der Waals surface area contributed by atoms with Gasteiger partial charge in [-0.3, -0.25) is 4.79 Å². The molecular formula is C23H20FN5O2S. The predicted molar refractivity (Wildman–Crippen MR) is 122 cm³/mol. The van der Waals surface area contributed by atoms with Gasteiger partial charge in [0.2, 0.25) is 5.82 Å². The van der Waals surface area contributed by atoms with Crippen molar-refractivity contribution in [1.29, 1.82) is 0 Å². The van der Waals surface area contributed by atoms with E-state index in [-0.39, 0.29) is 11.6 Å². The number of morpholine rings is 1. The summed E-state index contributed by atoms with van der Waals surface area (Å²) in [5.74, 6) is -0.192. The van der Waals surface area contributed by atoms with Crippen LogP contribution in [0.25, 0.3) is 16.4 Å². The second-order valence-electron chi connectivity index (χ2n) is 7.22. The molecule has 5 rings (SSSR count). The molecule has 1 N–H and O–H groups in total. The van der Waals surface area contributed by atoms with Crippen LogP contribution in [0.4, 0.5) is 15.8 Å². The Morgan fingerprint density at radius 3 is 2.41 bits per heavy atom. The van der Waals surface area contributed by atoms with Gasteiger partial charge in [0.15, 0.2) is 5.82 Å². The zero-order chi connectivity index (χ0) is 21.9. The summed E-state index contributed by atoms with van der Waals surface area (Å²) in [7, 11) is 0. The lowest BCUT2D eigenvalue weighted by Crippen LogP contribution is -2.36. The van der Waals surface area contributed by atoms with E-state index in [0.29, 0.717) is 30.4 Å². The normalized spacial score (nSPS) is 13.8. The molecular weight excluding hydrogens is 429 g/mol. The van der Waals surface area contributed by atoms with Crippen molar-refractivity contribution in [3.8, 4) is 16.4 Å². The Morgan fingerprint density at radius 2 is 1.72 bits per heavy atom. The number of nitrogens with zero attached hydrogens (tertiary/aromatic N) is 4. The first kappa shape index (κ1) is 20.3. The maximum absolute atomic E-state index is 13.4. The quantitative estimate of drug-likeness (QED) is 0.494. The number of nitrogens with one attached hydrogen (secondary N) is 1. The molecule has 0 saturated carbocycles. The highest BCUT2D eigenvalue weighted by Gasteiger charge is 2.20. The Labute approximate surface area is 188 Å². The molecule has 4 aromatic rings. The van der Waals surface area contributed by atoms with Gasteiger partial charge in [-0.05, 0) is 60.0 Å². The highest BCUT2D eigenvalue weighted by atomic mass is 32.1. The Kier molecular flexibility index (Phi) is 5.66. The van der Waals surface area contributed by atoms with Gasteiger partial charge in [0.05, 0.1) is 23.8 Å². The molecule has 1 aliphatic rings. The molecule has 9 heteroatoms. The van der Waals surface area contributed by atoms with Crippen LogP contribution in [-0.4, -0.2) is 47.0 Å². The van der Waals surface area contributed by atoms with Gasteiger partial charge in [0, 0.05) is 24.5 Å². The van der Waals surface area contributed by atoms with Crippen LogP contribution in [0.2, 0.25) is 0 Å². The number of hydrogen-bond acceptors (Lipinski definition) is 6. The Balaban J connectivity index is 1.39. The first-order chi connectivity index (χ1) is 15.7. The fourth-order valence-electron chi connectivity index (χ4n) is 3.50. The average molecular weight is 450 g/mol. The van der Waals surface area contributed by atoms with Crippen LogP contribution in [0.5, 0.6) is 0 Å². The van der Waals surface area contributed by atoms with Gasteiger partial charge in [-0.1, -0.05) is 6.07 Å². The molecule has 1 saturated heterocycles.